The van der Waals surface area contributed by atoms with E-state index in [0.29, 0.717) is 0 Å². The van der Waals surface area contributed by atoms with E-state index in [4.69, 9.17) is 0 Å². The van der Waals surface area contributed by atoms with E-state index in [9.17, 15) is 0 Å². The molecule has 0 unspecified atom stereocenters. The number of aromatic nitrogens is 5. The van der Waals surface area contributed by atoms with E-state index in [-0.39, 0.29) is 0 Å². The van der Waals surface area contributed by atoms with Crippen molar-refractivity contribution in [2.45, 2.75) is 6.42 Å². The third kappa shape index (κ3) is 2.79. The number of anilines is 1. The molecule has 8 heteroatoms. The van der Waals surface area contributed by atoms with Crippen molar-refractivity contribution in [3.05, 3.63) is 35.6 Å². The third-order valence-electron chi connectivity index (χ3n) is 4.01. The Labute approximate surface area is 132 Å². The Kier molecular flexibility index (Phi) is 3.69. The lowest BCUT2D eigenvalue weighted by Crippen LogP contribution is -2.47. The maximum Gasteiger partial charge on any atom is 0.177 e. The minimum absolute atomic E-state index is 0.784. The van der Waals surface area contributed by atoms with Crippen molar-refractivity contribution in [3.8, 4) is 0 Å². The van der Waals surface area contributed by atoms with Gasteiger partial charge in [0, 0.05) is 43.8 Å². The zero-order valence-electron chi connectivity index (χ0n) is 12.2. The van der Waals surface area contributed by atoms with Gasteiger partial charge in [-0.25, -0.2) is 4.37 Å². The summed E-state index contributed by atoms with van der Waals surface area (Å²) in [5.41, 5.74) is 0.784. The van der Waals surface area contributed by atoms with Gasteiger partial charge in [0.1, 0.15) is 12.1 Å². The average molecular weight is 315 g/mol. The van der Waals surface area contributed by atoms with Gasteiger partial charge in [0.15, 0.2) is 5.65 Å². The van der Waals surface area contributed by atoms with E-state index < -0.39 is 0 Å². The molecule has 114 valence electrons. The normalized spacial score (nSPS) is 16.5. The zero-order chi connectivity index (χ0) is 14.8. The number of rotatable bonds is 4. The number of hydrogen-bond acceptors (Lipinski definition) is 7. The zero-order valence-corrected chi connectivity index (χ0v) is 13.0. The highest BCUT2D eigenvalue weighted by atomic mass is 32.1. The van der Waals surface area contributed by atoms with E-state index >= 15 is 0 Å². The molecule has 0 radical (unpaired) electrons. The van der Waals surface area contributed by atoms with Crippen molar-refractivity contribution in [1.29, 1.82) is 0 Å². The van der Waals surface area contributed by atoms with Crippen molar-refractivity contribution < 1.29 is 0 Å². The van der Waals surface area contributed by atoms with Crippen LogP contribution in [0, 0.1) is 0 Å². The number of fused-ring (bicyclic) bond motifs is 1. The molecule has 0 aromatic carbocycles. The minimum atomic E-state index is 0.784. The molecule has 0 bridgehead atoms. The van der Waals surface area contributed by atoms with Gasteiger partial charge < -0.3 is 4.90 Å². The summed E-state index contributed by atoms with van der Waals surface area (Å²) in [6.07, 6.45) is 4.62. The summed E-state index contributed by atoms with van der Waals surface area (Å²) in [5, 5.41) is 12.4. The van der Waals surface area contributed by atoms with Crippen LogP contribution in [-0.2, 0) is 6.42 Å². The molecule has 0 amide bonds. The topological polar surface area (TPSA) is 62.5 Å². The van der Waals surface area contributed by atoms with Crippen LogP contribution in [0.5, 0.6) is 0 Å². The third-order valence-corrected chi connectivity index (χ3v) is 4.81. The first-order valence-corrected chi connectivity index (χ1v) is 8.20. The summed E-state index contributed by atoms with van der Waals surface area (Å²) >= 11 is 1.60. The van der Waals surface area contributed by atoms with Crippen LogP contribution in [0.4, 0.5) is 5.82 Å². The number of hydrogen-bond donors (Lipinski definition) is 0. The first-order chi connectivity index (χ1) is 10.9. The minimum Gasteiger partial charge on any atom is -0.353 e. The fourth-order valence-corrected chi connectivity index (χ4v) is 3.29. The predicted molar refractivity (Wildman–Crippen MR) is 85.3 cm³/mol. The second-order valence-electron chi connectivity index (χ2n) is 5.38. The monoisotopic (exact) mass is 315 g/mol. The highest BCUT2D eigenvalue weighted by molar-refractivity contribution is 7.05. The quantitative estimate of drug-likeness (QED) is 0.714. The number of nitrogens with zero attached hydrogens (tertiary/aromatic N) is 7. The average Bonchev–Trinajstić information content (AvgIpc) is 3.24. The van der Waals surface area contributed by atoms with Crippen molar-refractivity contribution >= 4 is 23.0 Å². The summed E-state index contributed by atoms with van der Waals surface area (Å²) in [6.45, 7) is 5.25. The van der Waals surface area contributed by atoms with Crippen LogP contribution in [-0.4, -0.2) is 61.8 Å². The lowest BCUT2D eigenvalue weighted by molar-refractivity contribution is 0.260. The van der Waals surface area contributed by atoms with Gasteiger partial charge in [0.25, 0.3) is 0 Å². The van der Waals surface area contributed by atoms with E-state index in [1.54, 1.807) is 22.4 Å². The van der Waals surface area contributed by atoms with Crippen molar-refractivity contribution in [3.63, 3.8) is 0 Å². The first kappa shape index (κ1) is 13.6. The first-order valence-electron chi connectivity index (χ1n) is 7.42. The highest BCUT2D eigenvalue weighted by Crippen LogP contribution is 2.14. The molecule has 1 aliphatic heterocycles. The Morgan fingerprint density at radius 3 is 2.82 bits per heavy atom. The van der Waals surface area contributed by atoms with Gasteiger partial charge in [0.05, 0.1) is 0 Å². The molecule has 7 nitrogen and oxygen atoms in total. The van der Waals surface area contributed by atoms with E-state index in [1.807, 2.05) is 18.3 Å². The fourth-order valence-electron chi connectivity index (χ4n) is 2.73. The van der Waals surface area contributed by atoms with E-state index in [2.05, 4.69) is 35.5 Å². The summed E-state index contributed by atoms with van der Waals surface area (Å²) in [4.78, 5) is 6.19. The molecule has 1 saturated heterocycles. The van der Waals surface area contributed by atoms with E-state index in [0.717, 1.165) is 50.6 Å². The van der Waals surface area contributed by atoms with Gasteiger partial charge in [-0.2, -0.15) is 4.52 Å². The van der Waals surface area contributed by atoms with E-state index in [1.165, 1.54) is 4.88 Å². The molecule has 4 rings (SSSR count). The standard InChI is InChI=1S/C14H17N7S/c1-2-14(18-21-11-15-17-13(1)21)20-9-7-19(8-10-20)6-4-12-3-5-16-22-12/h1-3,5,11H,4,6-10H2. The smallest absolute Gasteiger partial charge is 0.177 e. The van der Waals surface area contributed by atoms with Crippen LogP contribution >= 0.6 is 11.5 Å². The van der Waals surface area contributed by atoms with Gasteiger partial charge in [-0.1, -0.05) is 0 Å². The van der Waals surface area contributed by atoms with Crippen LogP contribution in [0.15, 0.2) is 30.7 Å². The molecule has 4 heterocycles. The largest absolute Gasteiger partial charge is 0.353 e. The molecular weight excluding hydrogens is 298 g/mol. The molecule has 0 aliphatic carbocycles. The maximum atomic E-state index is 4.56. The van der Waals surface area contributed by atoms with Crippen LogP contribution < -0.4 is 4.90 Å². The lowest BCUT2D eigenvalue weighted by atomic mass is 10.2. The summed E-state index contributed by atoms with van der Waals surface area (Å²) < 4.78 is 5.88. The fraction of sp³-hybridized carbons (Fsp3) is 0.429. The van der Waals surface area contributed by atoms with Crippen LogP contribution in [0.2, 0.25) is 0 Å². The molecule has 1 fully saturated rings. The van der Waals surface area contributed by atoms with Crippen molar-refractivity contribution in [1.82, 2.24) is 29.1 Å². The second-order valence-corrected chi connectivity index (χ2v) is 6.30. The van der Waals surface area contributed by atoms with Gasteiger partial charge in [-0.05, 0) is 36.2 Å². The Bertz CT molecular complexity index is 731. The summed E-state index contributed by atoms with van der Waals surface area (Å²) in [6, 6.07) is 6.10. The molecule has 3 aromatic heterocycles. The SMILES string of the molecule is c1cc(CCN2CCN(c3ccc4nncn4n3)CC2)sn1. The molecule has 0 N–H and O–H groups in total. The summed E-state index contributed by atoms with van der Waals surface area (Å²) in [7, 11) is 0. The van der Waals surface area contributed by atoms with Crippen LogP contribution in [0.3, 0.4) is 0 Å². The Morgan fingerprint density at radius 2 is 2.00 bits per heavy atom. The molecule has 0 saturated carbocycles. The van der Waals surface area contributed by atoms with Crippen LogP contribution in [0.25, 0.3) is 5.65 Å². The Morgan fingerprint density at radius 1 is 1.09 bits per heavy atom. The molecule has 22 heavy (non-hydrogen) atoms. The Balaban J connectivity index is 1.34. The van der Waals surface area contributed by atoms with Gasteiger partial charge in [-0.3, -0.25) is 4.90 Å². The van der Waals surface area contributed by atoms with Crippen molar-refractivity contribution in [2.75, 3.05) is 37.6 Å². The van der Waals surface area contributed by atoms with Crippen LogP contribution in [0.1, 0.15) is 4.88 Å². The second kappa shape index (κ2) is 5.98. The maximum absolute atomic E-state index is 4.56. The molecule has 1 aliphatic rings. The highest BCUT2D eigenvalue weighted by Gasteiger charge is 2.18. The van der Waals surface area contributed by atoms with Gasteiger partial charge >= 0.3 is 0 Å². The Hall–Kier alpha value is -2.06. The molecule has 3 aromatic rings. The molecular formula is C14H17N7S. The van der Waals surface area contributed by atoms with Gasteiger partial charge in [0.2, 0.25) is 0 Å². The lowest BCUT2D eigenvalue weighted by Gasteiger charge is -2.35. The molecule has 0 atom stereocenters. The number of piperazine rings is 1. The van der Waals surface area contributed by atoms with Crippen molar-refractivity contribution in [2.24, 2.45) is 0 Å². The molecule has 0 spiro atoms. The summed E-state index contributed by atoms with van der Waals surface area (Å²) in [5.74, 6) is 0.995. The van der Waals surface area contributed by atoms with Gasteiger partial charge in [-0.15, -0.1) is 15.3 Å². The predicted octanol–water partition coefficient (Wildman–Crippen LogP) is 0.946.